The molecule has 0 aliphatic rings. The minimum atomic E-state index is -0.428. The minimum absolute atomic E-state index is 0.124. The van der Waals surface area contributed by atoms with Crippen LogP contribution in [0.1, 0.15) is 40.3 Å². The lowest BCUT2D eigenvalue weighted by Gasteiger charge is -2.12. The number of nitrogens with zero attached hydrogens (tertiary/aromatic N) is 1. The average Bonchev–Trinajstić information content (AvgIpc) is 2.67. The molecule has 0 spiro atoms. The fraction of sp³-hybridized carbons (Fsp3) is 0.286. The highest BCUT2D eigenvalue weighted by Gasteiger charge is 2.19. The molecule has 0 fully saturated rings. The lowest BCUT2D eigenvalue weighted by atomic mass is 10.0. The molecule has 0 radical (unpaired) electrons. The maximum absolute atomic E-state index is 11.9. The summed E-state index contributed by atoms with van der Waals surface area (Å²) in [5, 5.41) is 0.517. The molecule has 4 nitrogen and oxygen atoms in total. The van der Waals surface area contributed by atoms with Crippen molar-refractivity contribution in [1.29, 1.82) is 0 Å². The molecule has 2 heterocycles. The van der Waals surface area contributed by atoms with Crippen LogP contribution in [0.5, 0.6) is 0 Å². The second-order valence-corrected chi connectivity index (χ2v) is 4.70. The van der Waals surface area contributed by atoms with E-state index in [1.54, 1.807) is 36.6 Å². The zero-order chi connectivity index (χ0) is 14.2. The molecule has 0 atom stereocenters. The third kappa shape index (κ3) is 2.36. The van der Waals surface area contributed by atoms with Crippen molar-refractivity contribution in [2.75, 3.05) is 6.61 Å². The van der Waals surface area contributed by atoms with Crippen LogP contribution in [-0.2, 0) is 4.74 Å². The van der Waals surface area contributed by atoms with Gasteiger partial charge < -0.3 is 9.14 Å². The van der Waals surface area contributed by atoms with Crippen LogP contribution >= 0.6 is 11.6 Å². The first-order valence-corrected chi connectivity index (χ1v) is 6.32. The number of rotatable bonds is 3. The minimum Gasteiger partial charge on any atom is -0.462 e. The molecule has 5 heteroatoms. The summed E-state index contributed by atoms with van der Waals surface area (Å²) < 4.78 is 6.70. The standard InChI is InChI=1S/C14H14ClNO3/c1-4-19-14(18)12-6-11-5-10(15)7-16(11)13(8(12)2)9(3)17/h5-7H,4H2,1-3H3. The van der Waals surface area contributed by atoms with Gasteiger partial charge in [0.25, 0.3) is 0 Å². The van der Waals surface area contributed by atoms with E-state index in [2.05, 4.69) is 0 Å². The fourth-order valence-electron chi connectivity index (χ4n) is 2.17. The number of fused-ring (bicyclic) bond motifs is 1. The summed E-state index contributed by atoms with van der Waals surface area (Å²) in [6, 6.07) is 3.39. The zero-order valence-electron chi connectivity index (χ0n) is 11.0. The predicted octanol–water partition coefficient (Wildman–Crippen LogP) is 3.28. The Hall–Kier alpha value is -1.81. The van der Waals surface area contributed by atoms with Gasteiger partial charge in [-0.15, -0.1) is 0 Å². The summed E-state index contributed by atoms with van der Waals surface area (Å²) in [6.07, 6.45) is 1.66. The Labute approximate surface area is 115 Å². The zero-order valence-corrected chi connectivity index (χ0v) is 11.7. The average molecular weight is 280 g/mol. The number of esters is 1. The van der Waals surface area contributed by atoms with Crippen LogP contribution < -0.4 is 0 Å². The van der Waals surface area contributed by atoms with Gasteiger partial charge in [-0.25, -0.2) is 4.79 Å². The van der Waals surface area contributed by atoms with Crippen LogP contribution in [0.3, 0.4) is 0 Å². The Balaban J connectivity index is 2.76. The van der Waals surface area contributed by atoms with Gasteiger partial charge >= 0.3 is 5.97 Å². The molecule has 0 bridgehead atoms. The summed E-state index contributed by atoms with van der Waals surface area (Å²) in [6.45, 7) is 5.23. The number of ether oxygens (including phenoxy) is 1. The van der Waals surface area contributed by atoms with E-state index in [1.807, 2.05) is 0 Å². The summed E-state index contributed by atoms with van der Waals surface area (Å²) >= 11 is 5.96. The van der Waals surface area contributed by atoms with E-state index >= 15 is 0 Å². The second-order valence-electron chi connectivity index (χ2n) is 4.26. The molecular weight excluding hydrogens is 266 g/mol. The van der Waals surface area contributed by atoms with E-state index < -0.39 is 5.97 Å². The molecule has 2 aromatic heterocycles. The van der Waals surface area contributed by atoms with Gasteiger partial charge in [-0.3, -0.25) is 4.79 Å². The number of hydrogen-bond acceptors (Lipinski definition) is 3. The van der Waals surface area contributed by atoms with Crippen LogP contribution in [0.25, 0.3) is 5.52 Å². The highest BCUT2D eigenvalue weighted by Crippen LogP contribution is 2.23. The Morgan fingerprint density at radius 3 is 2.63 bits per heavy atom. The van der Waals surface area contributed by atoms with Gasteiger partial charge in [-0.05, 0) is 31.5 Å². The van der Waals surface area contributed by atoms with Crippen molar-refractivity contribution >= 4 is 28.9 Å². The molecule has 100 valence electrons. The van der Waals surface area contributed by atoms with Crippen LogP contribution in [-0.4, -0.2) is 22.8 Å². The molecule has 2 aromatic rings. The van der Waals surface area contributed by atoms with Crippen molar-refractivity contribution < 1.29 is 14.3 Å². The largest absolute Gasteiger partial charge is 0.462 e. The molecule has 0 aromatic carbocycles. The number of pyridine rings is 1. The Bertz CT molecular complexity index is 673. The second kappa shape index (κ2) is 5.05. The Morgan fingerprint density at radius 1 is 1.37 bits per heavy atom. The van der Waals surface area contributed by atoms with E-state index in [0.717, 1.165) is 0 Å². The van der Waals surface area contributed by atoms with Gasteiger partial charge in [-0.2, -0.15) is 0 Å². The molecule has 0 aliphatic heterocycles. The van der Waals surface area contributed by atoms with E-state index in [1.165, 1.54) is 6.92 Å². The van der Waals surface area contributed by atoms with Crippen LogP contribution in [0.15, 0.2) is 18.3 Å². The van der Waals surface area contributed by atoms with Gasteiger partial charge in [-0.1, -0.05) is 11.6 Å². The Kier molecular flexibility index (Phi) is 3.62. The third-order valence-corrected chi connectivity index (χ3v) is 3.14. The normalized spacial score (nSPS) is 10.7. The fourth-order valence-corrected chi connectivity index (χ4v) is 2.38. The first-order valence-electron chi connectivity index (χ1n) is 5.95. The molecule has 0 saturated heterocycles. The maximum atomic E-state index is 11.9. The summed E-state index contributed by atoms with van der Waals surface area (Å²) in [5.41, 5.74) is 2.15. The van der Waals surface area contributed by atoms with Crippen molar-refractivity contribution in [2.45, 2.75) is 20.8 Å². The monoisotopic (exact) mass is 279 g/mol. The molecule has 2 rings (SSSR count). The SMILES string of the molecule is CCOC(=O)c1cc2cc(Cl)cn2c(C(C)=O)c1C. The van der Waals surface area contributed by atoms with Gasteiger partial charge in [0.05, 0.1) is 22.9 Å². The van der Waals surface area contributed by atoms with Crippen LogP contribution in [0, 0.1) is 6.92 Å². The predicted molar refractivity (Wildman–Crippen MR) is 73.1 cm³/mol. The number of halogens is 1. The maximum Gasteiger partial charge on any atom is 0.338 e. The first kappa shape index (κ1) is 13.6. The van der Waals surface area contributed by atoms with E-state index in [9.17, 15) is 9.59 Å². The van der Waals surface area contributed by atoms with Crippen molar-refractivity contribution in [2.24, 2.45) is 0 Å². The van der Waals surface area contributed by atoms with Gasteiger partial charge in [0.15, 0.2) is 5.78 Å². The number of carbonyl (C=O) groups is 2. The van der Waals surface area contributed by atoms with E-state index in [4.69, 9.17) is 16.3 Å². The Morgan fingerprint density at radius 2 is 2.05 bits per heavy atom. The third-order valence-electron chi connectivity index (χ3n) is 2.94. The van der Waals surface area contributed by atoms with Crippen molar-refractivity contribution in [3.63, 3.8) is 0 Å². The quantitative estimate of drug-likeness (QED) is 0.640. The lowest BCUT2D eigenvalue weighted by molar-refractivity contribution is 0.0525. The molecule has 0 aliphatic carbocycles. The number of aromatic nitrogens is 1. The smallest absolute Gasteiger partial charge is 0.338 e. The summed E-state index contributed by atoms with van der Waals surface area (Å²) in [5.74, 6) is -0.553. The van der Waals surface area contributed by atoms with Crippen molar-refractivity contribution in [3.05, 3.63) is 40.2 Å². The number of Topliss-reactive ketones (excluding diaryl/α,β-unsaturated/α-hetero) is 1. The van der Waals surface area contributed by atoms with Crippen molar-refractivity contribution in [3.8, 4) is 0 Å². The highest BCUT2D eigenvalue weighted by molar-refractivity contribution is 6.31. The molecule has 0 amide bonds. The number of carbonyl (C=O) groups excluding carboxylic acids is 2. The van der Waals surface area contributed by atoms with Crippen LogP contribution in [0.2, 0.25) is 5.02 Å². The van der Waals surface area contributed by atoms with Gasteiger partial charge in [0.2, 0.25) is 0 Å². The van der Waals surface area contributed by atoms with E-state index in [-0.39, 0.29) is 5.78 Å². The van der Waals surface area contributed by atoms with Gasteiger partial charge in [0.1, 0.15) is 0 Å². The highest BCUT2D eigenvalue weighted by atomic mass is 35.5. The van der Waals surface area contributed by atoms with Crippen molar-refractivity contribution in [1.82, 2.24) is 4.40 Å². The summed E-state index contributed by atoms with van der Waals surface area (Å²) in [7, 11) is 0. The number of hydrogen-bond donors (Lipinski definition) is 0. The molecule has 0 N–H and O–H groups in total. The number of ketones is 1. The lowest BCUT2D eigenvalue weighted by Crippen LogP contribution is -2.13. The molecule has 0 unspecified atom stereocenters. The van der Waals surface area contributed by atoms with Gasteiger partial charge in [0, 0.05) is 18.6 Å². The molecule has 0 saturated carbocycles. The molecular formula is C14H14ClNO3. The van der Waals surface area contributed by atoms with Crippen LogP contribution in [0.4, 0.5) is 0 Å². The summed E-state index contributed by atoms with van der Waals surface area (Å²) in [4.78, 5) is 23.7. The molecule has 19 heavy (non-hydrogen) atoms. The topological polar surface area (TPSA) is 47.8 Å². The van der Waals surface area contributed by atoms with E-state index in [0.29, 0.717) is 34.0 Å². The first-order chi connectivity index (χ1) is 8.95.